The molecule has 2 unspecified atom stereocenters. The first-order valence-electron chi connectivity index (χ1n) is 17.8. The number of rotatable bonds is 30. The molecule has 3 rings (SSSR count). The minimum atomic E-state index is -6.53. The molecule has 0 aromatic rings. The molecule has 3 fully saturated rings. The van der Waals surface area contributed by atoms with Crippen molar-refractivity contribution in [1.29, 1.82) is 0 Å². The third kappa shape index (κ3) is 25.1. The molecule has 0 saturated carbocycles. The van der Waals surface area contributed by atoms with Crippen LogP contribution in [-0.4, -0.2) is 255 Å². The largest absolute Gasteiger partial charge is 0.397 e. The van der Waals surface area contributed by atoms with Gasteiger partial charge in [-0.15, -0.1) is 0 Å². The van der Waals surface area contributed by atoms with Crippen LogP contribution in [-0.2, 0) is 184 Å². The summed E-state index contributed by atoms with van der Waals surface area (Å²) in [6.45, 7) is -8.94. The van der Waals surface area contributed by atoms with Crippen LogP contribution in [0.5, 0.6) is 0 Å². The van der Waals surface area contributed by atoms with Gasteiger partial charge in [0.1, 0.15) is 55.4 Å². The standard InChI is InChI=1S/C18H32O49S11/c19-68(20,21)53-2-6-9(61-72(31,32)33)11(63-74(37,38)39)13(65-76(43,44)45)16(56-6)52-1-5-8(60-71(28,29)30)12(64-75(40,41)42)14(66-77(46,47)48)17(57-5)59-18(4-55-70(25,26)27)15(67-78(49,50)51)10(62-73(34,35)36)7(58-18)3-54-69(22,23)24/h5-17H,1-4H2,(H,19,20,21)(H,22,23,24)(H,25,26,27)(H,28,29,30)(H,31,32,33)(H,34,35,36)(H,37,38,39)(H,40,41,42)(H,43,44,45)(H,46,47,48)(H,49,50,51)/t5-,6-,7-,8-,9+,10-,11+,12+,13-,14-,15+,16?,17?,18+/m1/s1. The molecule has 0 spiro atoms. The fourth-order valence-corrected chi connectivity index (χ4v) is 11.3. The highest BCUT2D eigenvalue weighted by Crippen LogP contribution is 2.43. The van der Waals surface area contributed by atoms with Gasteiger partial charge in [0.15, 0.2) is 30.9 Å². The van der Waals surface area contributed by atoms with Crippen LogP contribution < -0.4 is 0 Å². The molecular weight excluding hydrogens is 1350 g/mol. The van der Waals surface area contributed by atoms with Crippen LogP contribution in [0.25, 0.3) is 0 Å². The molecule has 14 atom stereocenters. The maximum atomic E-state index is 12.3. The Kier molecular flexibility index (Phi) is 22.6. The molecule has 0 aliphatic carbocycles. The molecule has 0 aromatic carbocycles. The zero-order valence-corrected chi connectivity index (χ0v) is 44.7. The maximum Gasteiger partial charge on any atom is 0.397 e. The summed E-state index contributed by atoms with van der Waals surface area (Å²) in [5.41, 5.74) is 0. The van der Waals surface area contributed by atoms with Crippen molar-refractivity contribution in [2.75, 3.05) is 26.4 Å². The van der Waals surface area contributed by atoms with Crippen LogP contribution in [0.3, 0.4) is 0 Å². The summed E-state index contributed by atoms with van der Waals surface area (Å²) in [6.07, 6.45) is -44.9. The Balaban J connectivity index is 2.52. The zero-order valence-electron chi connectivity index (χ0n) is 35.8. The number of hydrogen-bond donors (Lipinski definition) is 11. The van der Waals surface area contributed by atoms with Crippen LogP contribution in [0.2, 0.25) is 0 Å². The number of hydrogen-bond acceptors (Lipinski definition) is 38. The minimum Gasteiger partial charge on any atom is -0.347 e. The summed E-state index contributed by atoms with van der Waals surface area (Å²) in [4.78, 5) is 0. The molecule has 0 bridgehead atoms. The van der Waals surface area contributed by atoms with E-state index in [9.17, 15) is 134 Å². The highest BCUT2D eigenvalue weighted by Gasteiger charge is 2.66. The van der Waals surface area contributed by atoms with E-state index in [1.807, 2.05) is 0 Å². The SMILES string of the molecule is O=S(=O)(O)OC[C@H]1OC(OC[C@H]2OC(O[C@]3(COS(=O)(=O)O)O[C@H](COS(=O)(=O)O)[C@@H](OS(=O)(=O)O)[C@@H]3OS(=O)(=O)O)[C@H](OS(=O)(=O)O)[C@@H](OS(=O)(=O)O)[C@@H]2OS(=O)(=O)O)[C@H](OS(=O)(=O)O)[C@@H](OS(=O)(=O)O)[C@H]1OS(=O)(=O)O. The quantitative estimate of drug-likeness (QED) is 0.0298. The average molecular weight is 1390 g/mol. The Morgan fingerprint density at radius 3 is 0.962 bits per heavy atom. The topological polar surface area (TPSA) is 746 Å². The second-order valence-electron chi connectivity index (χ2n) is 14.0. The Labute approximate surface area is 436 Å². The van der Waals surface area contributed by atoms with Crippen molar-refractivity contribution in [3.63, 3.8) is 0 Å². The van der Waals surface area contributed by atoms with E-state index in [0.29, 0.717) is 0 Å². The lowest BCUT2D eigenvalue weighted by Gasteiger charge is -2.47. The molecule has 60 heteroatoms. The van der Waals surface area contributed by atoms with Crippen molar-refractivity contribution in [2.24, 2.45) is 0 Å². The lowest BCUT2D eigenvalue weighted by atomic mass is 9.98. The molecule has 0 amide bonds. The Hall–Kier alpha value is -1.63. The summed E-state index contributed by atoms with van der Waals surface area (Å²) in [6, 6.07) is 0. The molecule has 3 saturated heterocycles. The minimum absolute atomic E-state index is 2.02. The van der Waals surface area contributed by atoms with Gasteiger partial charge in [0.2, 0.25) is 5.79 Å². The van der Waals surface area contributed by atoms with Crippen molar-refractivity contribution < 1.29 is 212 Å². The summed E-state index contributed by atoms with van der Waals surface area (Å²) in [7, 11) is -69.0. The third-order valence-electron chi connectivity index (χ3n) is 8.40. The zero-order chi connectivity index (χ0) is 60.6. The van der Waals surface area contributed by atoms with E-state index in [-0.39, 0.29) is 0 Å². The second-order valence-corrected chi connectivity index (χ2v) is 25.6. The molecule has 0 radical (unpaired) electrons. The van der Waals surface area contributed by atoms with Crippen LogP contribution in [0.15, 0.2) is 0 Å². The van der Waals surface area contributed by atoms with Gasteiger partial charge in [0.05, 0.1) is 19.8 Å². The van der Waals surface area contributed by atoms with Gasteiger partial charge in [-0.3, -0.25) is 50.1 Å². The summed E-state index contributed by atoms with van der Waals surface area (Å²) in [5.74, 6) is -4.39. The van der Waals surface area contributed by atoms with Gasteiger partial charge in [-0.25, -0.2) is 46.0 Å². The summed E-state index contributed by atoms with van der Waals surface area (Å²) >= 11 is 0. The Morgan fingerprint density at radius 2 is 0.603 bits per heavy atom. The predicted octanol–water partition coefficient (Wildman–Crippen LogP) is -9.47. The highest BCUT2D eigenvalue weighted by atomic mass is 32.3. The molecule has 78 heavy (non-hydrogen) atoms. The molecule has 11 N–H and O–H groups in total. The Bertz CT molecular complexity index is 3420. The molecule has 3 aliphatic heterocycles. The highest BCUT2D eigenvalue weighted by molar-refractivity contribution is 7.83. The smallest absolute Gasteiger partial charge is 0.347 e. The molecule has 3 aliphatic rings. The molecule has 0 aromatic heterocycles. The van der Waals surface area contributed by atoms with E-state index >= 15 is 0 Å². The van der Waals surface area contributed by atoms with E-state index in [4.69, 9.17) is 32.8 Å². The summed E-state index contributed by atoms with van der Waals surface area (Å²) < 4.78 is 438. The van der Waals surface area contributed by atoms with Crippen LogP contribution >= 0.6 is 0 Å². The maximum absolute atomic E-state index is 12.3. The predicted molar refractivity (Wildman–Crippen MR) is 216 cm³/mol. The van der Waals surface area contributed by atoms with E-state index in [1.54, 1.807) is 0 Å². The van der Waals surface area contributed by atoms with Crippen LogP contribution in [0.4, 0.5) is 0 Å². The lowest BCUT2D eigenvalue weighted by Crippen LogP contribution is -2.66. The first kappa shape index (κ1) is 70.6. The van der Waals surface area contributed by atoms with Crippen molar-refractivity contribution in [2.45, 2.75) is 85.5 Å². The van der Waals surface area contributed by atoms with Crippen LogP contribution in [0, 0.1) is 0 Å². The first-order valence-corrected chi connectivity index (χ1v) is 32.8. The second kappa shape index (κ2) is 24.9. The monoisotopic (exact) mass is 1380 g/mol. The van der Waals surface area contributed by atoms with Gasteiger partial charge < -0.3 is 23.7 Å². The normalized spacial score (nSPS) is 31.8. The lowest BCUT2D eigenvalue weighted by molar-refractivity contribution is -0.379. The van der Waals surface area contributed by atoms with Gasteiger partial charge in [-0.2, -0.15) is 92.6 Å². The fourth-order valence-electron chi connectivity index (χ4n) is 6.32. The van der Waals surface area contributed by atoms with E-state index in [2.05, 4.69) is 46.0 Å². The van der Waals surface area contributed by atoms with Crippen molar-refractivity contribution >= 4 is 114 Å². The molecule has 3 heterocycles. The summed E-state index contributed by atoms with van der Waals surface area (Å²) in [5, 5.41) is 0. The van der Waals surface area contributed by atoms with Gasteiger partial charge in [0.25, 0.3) is 0 Å². The van der Waals surface area contributed by atoms with Crippen molar-refractivity contribution in [3.8, 4) is 0 Å². The van der Waals surface area contributed by atoms with Gasteiger partial charge in [-0.1, -0.05) is 0 Å². The van der Waals surface area contributed by atoms with Gasteiger partial charge >= 0.3 is 114 Å². The van der Waals surface area contributed by atoms with Crippen LogP contribution in [0.1, 0.15) is 0 Å². The van der Waals surface area contributed by atoms with Gasteiger partial charge in [-0.05, 0) is 0 Å². The molecule has 49 nitrogen and oxygen atoms in total. The van der Waals surface area contributed by atoms with Crippen molar-refractivity contribution in [3.05, 3.63) is 0 Å². The third-order valence-corrected chi connectivity index (χ3v) is 13.4. The van der Waals surface area contributed by atoms with Gasteiger partial charge in [0, 0.05) is 0 Å². The Morgan fingerprint density at radius 1 is 0.308 bits per heavy atom. The first-order chi connectivity index (χ1) is 34.4. The van der Waals surface area contributed by atoms with E-state index in [1.165, 1.54) is 0 Å². The molecule has 464 valence electrons. The molecular formula is C18H32O49S11. The number of ether oxygens (including phenoxy) is 5. The van der Waals surface area contributed by atoms with E-state index in [0.717, 1.165) is 0 Å². The van der Waals surface area contributed by atoms with E-state index < -0.39 is 226 Å². The van der Waals surface area contributed by atoms with Crippen molar-refractivity contribution in [1.82, 2.24) is 0 Å². The average Bonchev–Trinajstić information content (AvgIpc) is 3.41. The fraction of sp³-hybridized carbons (Fsp3) is 1.00.